The molecule has 0 atom stereocenters. The van der Waals surface area contributed by atoms with E-state index in [1.165, 1.54) is 37.2 Å². The van der Waals surface area contributed by atoms with Gasteiger partial charge in [-0.3, -0.25) is 9.78 Å². The van der Waals surface area contributed by atoms with Crippen LogP contribution in [0.25, 0.3) is 0 Å². The number of nitrogens with zero attached hydrogens (tertiary/aromatic N) is 3. The third-order valence-corrected chi connectivity index (χ3v) is 6.92. The van der Waals surface area contributed by atoms with E-state index in [0.29, 0.717) is 16.4 Å². The van der Waals surface area contributed by atoms with E-state index in [1.54, 1.807) is 42.6 Å². The van der Waals surface area contributed by atoms with E-state index in [-0.39, 0.29) is 22.0 Å². The molecule has 0 saturated heterocycles. The fourth-order valence-corrected chi connectivity index (χ4v) is 4.26. The Labute approximate surface area is 185 Å². The van der Waals surface area contributed by atoms with Gasteiger partial charge in [-0.1, -0.05) is 29.3 Å². The molecule has 0 fully saturated rings. The Morgan fingerprint density at radius 2 is 1.70 bits per heavy atom. The number of anilines is 1. The predicted molar refractivity (Wildman–Crippen MR) is 119 cm³/mol. The standard InChI is InChI=1S/C21H19Cl2N3O3S/c1-25(2)30(28,29)20-13-15(6-11-19(20)23)21(27)26(14-17-5-3-4-12-24-17)18-9-7-16(22)8-10-18/h3-13H,14H2,1-2H3. The van der Waals surface area contributed by atoms with E-state index in [1.807, 2.05) is 6.07 Å². The van der Waals surface area contributed by atoms with Crippen molar-refractivity contribution in [2.75, 3.05) is 19.0 Å². The molecule has 30 heavy (non-hydrogen) atoms. The lowest BCUT2D eigenvalue weighted by molar-refractivity contribution is 0.0984. The second-order valence-corrected chi connectivity index (χ2v) is 9.59. The molecule has 1 amide bonds. The summed E-state index contributed by atoms with van der Waals surface area (Å²) in [5.41, 5.74) is 1.46. The topological polar surface area (TPSA) is 70.6 Å². The maximum Gasteiger partial charge on any atom is 0.258 e. The quantitative estimate of drug-likeness (QED) is 0.539. The molecule has 1 heterocycles. The van der Waals surface area contributed by atoms with E-state index in [2.05, 4.69) is 4.98 Å². The number of aromatic nitrogens is 1. The van der Waals surface area contributed by atoms with Gasteiger partial charge in [-0.25, -0.2) is 12.7 Å². The van der Waals surface area contributed by atoms with E-state index in [4.69, 9.17) is 23.2 Å². The average molecular weight is 464 g/mol. The van der Waals surface area contributed by atoms with Gasteiger partial charge in [0.15, 0.2) is 0 Å². The van der Waals surface area contributed by atoms with Crippen LogP contribution in [0.4, 0.5) is 5.69 Å². The molecular weight excluding hydrogens is 445 g/mol. The molecule has 0 radical (unpaired) electrons. The van der Waals surface area contributed by atoms with Crippen LogP contribution in [0.3, 0.4) is 0 Å². The first-order chi connectivity index (χ1) is 14.2. The first kappa shape index (κ1) is 22.2. The van der Waals surface area contributed by atoms with Gasteiger partial charge in [0.1, 0.15) is 4.90 Å². The normalized spacial score (nSPS) is 11.5. The summed E-state index contributed by atoms with van der Waals surface area (Å²) in [6, 6.07) is 16.4. The Morgan fingerprint density at radius 1 is 1.00 bits per heavy atom. The second kappa shape index (κ2) is 9.14. The molecule has 0 spiro atoms. The van der Waals surface area contributed by atoms with Crippen molar-refractivity contribution in [2.24, 2.45) is 0 Å². The number of carbonyl (C=O) groups is 1. The van der Waals surface area contributed by atoms with Crippen LogP contribution in [0.1, 0.15) is 16.1 Å². The number of sulfonamides is 1. The van der Waals surface area contributed by atoms with Crippen LogP contribution in [-0.2, 0) is 16.6 Å². The minimum atomic E-state index is -3.82. The highest BCUT2D eigenvalue weighted by Gasteiger charge is 2.25. The lowest BCUT2D eigenvalue weighted by Gasteiger charge is -2.23. The Hall–Kier alpha value is -2.45. The largest absolute Gasteiger partial charge is 0.302 e. The van der Waals surface area contributed by atoms with Crippen LogP contribution in [-0.4, -0.2) is 37.7 Å². The van der Waals surface area contributed by atoms with Crippen LogP contribution >= 0.6 is 23.2 Å². The van der Waals surface area contributed by atoms with Crippen LogP contribution in [0.15, 0.2) is 71.8 Å². The van der Waals surface area contributed by atoms with E-state index < -0.39 is 15.9 Å². The minimum Gasteiger partial charge on any atom is -0.302 e. The first-order valence-electron chi connectivity index (χ1n) is 8.89. The molecule has 2 aromatic carbocycles. The summed E-state index contributed by atoms with van der Waals surface area (Å²) in [5, 5.41) is 0.581. The molecule has 0 N–H and O–H groups in total. The molecule has 0 unspecified atom stereocenters. The monoisotopic (exact) mass is 463 g/mol. The number of halogens is 2. The highest BCUT2D eigenvalue weighted by atomic mass is 35.5. The second-order valence-electron chi connectivity index (χ2n) is 6.62. The van der Waals surface area contributed by atoms with Crippen molar-refractivity contribution in [1.29, 1.82) is 0 Å². The predicted octanol–water partition coefficient (Wildman–Crippen LogP) is 4.49. The number of rotatable bonds is 6. The molecule has 3 aromatic rings. The molecular formula is C21H19Cl2N3O3S. The van der Waals surface area contributed by atoms with Gasteiger partial charge in [-0.05, 0) is 54.6 Å². The van der Waals surface area contributed by atoms with Crippen molar-refractivity contribution in [3.63, 3.8) is 0 Å². The summed E-state index contributed by atoms with van der Waals surface area (Å²) in [4.78, 5) is 19.1. The fourth-order valence-electron chi connectivity index (χ4n) is 2.74. The number of hydrogen-bond donors (Lipinski definition) is 0. The van der Waals surface area contributed by atoms with Crippen molar-refractivity contribution in [1.82, 2.24) is 9.29 Å². The van der Waals surface area contributed by atoms with Crippen LogP contribution in [0.5, 0.6) is 0 Å². The zero-order valence-electron chi connectivity index (χ0n) is 16.3. The molecule has 0 bridgehead atoms. The van der Waals surface area contributed by atoms with Crippen LogP contribution < -0.4 is 4.90 Å². The Balaban J connectivity index is 2.06. The van der Waals surface area contributed by atoms with Gasteiger partial charge in [-0.2, -0.15) is 0 Å². The summed E-state index contributed by atoms with van der Waals surface area (Å²) in [5.74, 6) is -0.394. The third kappa shape index (κ3) is 4.82. The van der Waals surface area contributed by atoms with E-state index in [9.17, 15) is 13.2 Å². The maximum absolute atomic E-state index is 13.4. The van der Waals surface area contributed by atoms with Gasteiger partial charge in [0.05, 0.1) is 17.3 Å². The average Bonchev–Trinajstić information content (AvgIpc) is 2.73. The highest BCUT2D eigenvalue weighted by Crippen LogP contribution is 2.27. The molecule has 0 aliphatic heterocycles. The molecule has 0 aliphatic rings. The van der Waals surface area contributed by atoms with Crippen molar-refractivity contribution >= 4 is 44.8 Å². The van der Waals surface area contributed by atoms with Gasteiger partial charge in [-0.15, -0.1) is 0 Å². The van der Waals surface area contributed by atoms with Gasteiger partial charge in [0.25, 0.3) is 5.91 Å². The van der Waals surface area contributed by atoms with Crippen molar-refractivity contribution in [3.05, 3.63) is 88.2 Å². The summed E-state index contributed by atoms with van der Waals surface area (Å²) in [6.45, 7) is 0.194. The van der Waals surface area contributed by atoms with Crippen LogP contribution in [0, 0.1) is 0 Å². The molecule has 9 heteroatoms. The fraction of sp³-hybridized carbons (Fsp3) is 0.143. The number of carbonyl (C=O) groups excluding carboxylic acids is 1. The van der Waals surface area contributed by atoms with E-state index >= 15 is 0 Å². The number of amides is 1. The smallest absolute Gasteiger partial charge is 0.258 e. The summed E-state index contributed by atoms with van der Waals surface area (Å²) >= 11 is 12.1. The van der Waals surface area contributed by atoms with Crippen molar-refractivity contribution in [3.8, 4) is 0 Å². The van der Waals surface area contributed by atoms with Gasteiger partial charge in [0.2, 0.25) is 10.0 Å². The molecule has 6 nitrogen and oxygen atoms in total. The Kier molecular flexibility index (Phi) is 6.77. The van der Waals surface area contributed by atoms with Crippen molar-refractivity contribution in [2.45, 2.75) is 11.4 Å². The summed E-state index contributed by atoms with van der Waals surface area (Å²) < 4.78 is 26.2. The Morgan fingerprint density at radius 3 is 2.30 bits per heavy atom. The lowest BCUT2D eigenvalue weighted by Crippen LogP contribution is -2.31. The third-order valence-electron chi connectivity index (χ3n) is 4.37. The van der Waals surface area contributed by atoms with Crippen molar-refractivity contribution < 1.29 is 13.2 Å². The van der Waals surface area contributed by atoms with Gasteiger partial charge >= 0.3 is 0 Å². The van der Waals surface area contributed by atoms with Gasteiger partial charge in [0, 0.05) is 36.6 Å². The maximum atomic E-state index is 13.4. The van der Waals surface area contributed by atoms with E-state index in [0.717, 1.165) is 4.31 Å². The number of benzene rings is 2. The molecule has 1 aromatic heterocycles. The zero-order chi connectivity index (χ0) is 21.9. The number of pyridine rings is 1. The van der Waals surface area contributed by atoms with Crippen LogP contribution in [0.2, 0.25) is 10.0 Å². The van der Waals surface area contributed by atoms with Gasteiger partial charge < -0.3 is 4.90 Å². The lowest BCUT2D eigenvalue weighted by atomic mass is 10.1. The molecule has 0 aliphatic carbocycles. The number of hydrogen-bond acceptors (Lipinski definition) is 4. The molecule has 3 rings (SSSR count). The molecule has 0 saturated carbocycles. The summed E-state index contributed by atoms with van der Waals surface area (Å²) in [7, 11) is -1.01. The minimum absolute atomic E-state index is 0.0445. The Bertz CT molecular complexity index is 1150. The first-order valence-corrected chi connectivity index (χ1v) is 11.1. The SMILES string of the molecule is CN(C)S(=O)(=O)c1cc(C(=O)N(Cc2ccccn2)c2ccc(Cl)cc2)ccc1Cl. The molecule has 156 valence electrons. The zero-order valence-corrected chi connectivity index (χ0v) is 18.6. The highest BCUT2D eigenvalue weighted by molar-refractivity contribution is 7.89. The summed E-state index contributed by atoms with van der Waals surface area (Å²) in [6.07, 6.45) is 1.64.